The van der Waals surface area contributed by atoms with E-state index in [-0.39, 0.29) is 5.95 Å². The number of nitrogens with two attached hydrogens (primary N) is 1. The SMILES string of the molecule is COc1ccc(-c2nc(N)nn2-c2ccc(C)cc2)cc1. The fourth-order valence-electron chi connectivity index (χ4n) is 2.12. The van der Waals surface area contributed by atoms with Gasteiger partial charge in [-0.2, -0.15) is 4.98 Å². The molecule has 5 nitrogen and oxygen atoms in total. The molecule has 3 rings (SSSR count). The van der Waals surface area contributed by atoms with Crippen LogP contribution in [0.3, 0.4) is 0 Å². The van der Waals surface area contributed by atoms with Crippen molar-refractivity contribution in [2.75, 3.05) is 12.8 Å². The number of nitrogens with zero attached hydrogens (tertiary/aromatic N) is 3. The van der Waals surface area contributed by atoms with Crippen LogP contribution in [-0.4, -0.2) is 21.9 Å². The second kappa shape index (κ2) is 5.28. The Labute approximate surface area is 123 Å². The Morgan fingerprint density at radius 3 is 2.29 bits per heavy atom. The fraction of sp³-hybridized carbons (Fsp3) is 0.125. The molecule has 3 aromatic rings. The zero-order valence-corrected chi connectivity index (χ0v) is 11.9. The highest BCUT2D eigenvalue weighted by Crippen LogP contribution is 2.24. The summed E-state index contributed by atoms with van der Waals surface area (Å²) < 4.78 is 6.92. The number of aromatic nitrogens is 3. The van der Waals surface area contributed by atoms with E-state index in [1.165, 1.54) is 5.56 Å². The lowest BCUT2D eigenvalue weighted by Gasteiger charge is -2.07. The monoisotopic (exact) mass is 280 g/mol. The molecule has 21 heavy (non-hydrogen) atoms. The predicted molar refractivity (Wildman–Crippen MR) is 82.5 cm³/mol. The maximum Gasteiger partial charge on any atom is 0.240 e. The third kappa shape index (κ3) is 2.58. The van der Waals surface area contributed by atoms with Crippen molar-refractivity contribution in [1.82, 2.24) is 14.8 Å². The van der Waals surface area contributed by atoms with E-state index in [4.69, 9.17) is 10.5 Å². The number of aryl methyl sites for hydroxylation is 1. The molecular weight excluding hydrogens is 264 g/mol. The second-order valence-corrected chi connectivity index (χ2v) is 4.77. The molecule has 0 amide bonds. The van der Waals surface area contributed by atoms with Gasteiger partial charge < -0.3 is 10.5 Å². The summed E-state index contributed by atoms with van der Waals surface area (Å²) >= 11 is 0. The van der Waals surface area contributed by atoms with Gasteiger partial charge in [-0.15, -0.1) is 5.10 Å². The number of hydrogen-bond donors (Lipinski definition) is 1. The van der Waals surface area contributed by atoms with E-state index in [1.54, 1.807) is 11.8 Å². The van der Waals surface area contributed by atoms with Crippen molar-refractivity contribution in [2.45, 2.75) is 6.92 Å². The Hall–Kier alpha value is -2.82. The lowest BCUT2D eigenvalue weighted by molar-refractivity contribution is 0.415. The third-order valence-electron chi connectivity index (χ3n) is 3.25. The quantitative estimate of drug-likeness (QED) is 0.801. The molecule has 0 atom stereocenters. The largest absolute Gasteiger partial charge is 0.497 e. The molecule has 0 spiro atoms. The van der Waals surface area contributed by atoms with Crippen LogP contribution in [0.25, 0.3) is 17.1 Å². The zero-order valence-electron chi connectivity index (χ0n) is 11.9. The molecule has 0 aliphatic heterocycles. The van der Waals surface area contributed by atoms with Crippen LogP contribution in [0.1, 0.15) is 5.56 Å². The van der Waals surface area contributed by atoms with Crippen LogP contribution >= 0.6 is 0 Å². The summed E-state index contributed by atoms with van der Waals surface area (Å²) in [6, 6.07) is 15.7. The van der Waals surface area contributed by atoms with Crippen molar-refractivity contribution in [1.29, 1.82) is 0 Å². The first-order valence-electron chi connectivity index (χ1n) is 6.61. The molecule has 0 saturated heterocycles. The minimum atomic E-state index is 0.251. The van der Waals surface area contributed by atoms with Gasteiger partial charge in [-0.3, -0.25) is 0 Å². The number of anilines is 1. The number of benzene rings is 2. The van der Waals surface area contributed by atoms with Crippen molar-refractivity contribution in [3.63, 3.8) is 0 Å². The summed E-state index contributed by atoms with van der Waals surface area (Å²) in [5, 5.41) is 4.28. The van der Waals surface area contributed by atoms with E-state index < -0.39 is 0 Å². The summed E-state index contributed by atoms with van der Waals surface area (Å²) in [6.07, 6.45) is 0. The molecule has 0 saturated carbocycles. The minimum absolute atomic E-state index is 0.251. The van der Waals surface area contributed by atoms with Crippen LogP contribution < -0.4 is 10.5 Å². The first-order chi connectivity index (χ1) is 10.2. The van der Waals surface area contributed by atoms with Gasteiger partial charge in [0.15, 0.2) is 5.82 Å². The molecule has 1 heterocycles. The van der Waals surface area contributed by atoms with E-state index in [9.17, 15) is 0 Å². The molecule has 0 aliphatic rings. The Kier molecular flexibility index (Phi) is 3.31. The average molecular weight is 280 g/mol. The molecule has 0 unspecified atom stereocenters. The molecule has 2 aromatic carbocycles. The van der Waals surface area contributed by atoms with Crippen molar-refractivity contribution >= 4 is 5.95 Å². The number of methoxy groups -OCH3 is 1. The molecule has 0 fully saturated rings. The fourth-order valence-corrected chi connectivity index (χ4v) is 2.12. The van der Waals surface area contributed by atoms with E-state index in [0.29, 0.717) is 5.82 Å². The van der Waals surface area contributed by atoms with Gasteiger partial charge >= 0.3 is 0 Å². The van der Waals surface area contributed by atoms with Crippen LogP contribution in [-0.2, 0) is 0 Å². The van der Waals surface area contributed by atoms with Crippen molar-refractivity contribution < 1.29 is 4.74 Å². The van der Waals surface area contributed by atoms with E-state index >= 15 is 0 Å². The van der Waals surface area contributed by atoms with Crippen LogP contribution in [0.15, 0.2) is 48.5 Å². The van der Waals surface area contributed by atoms with Crippen LogP contribution in [0.5, 0.6) is 5.75 Å². The average Bonchev–Trinajstić information content (AvgIpc) is 2.90. The molecule has 1 aromatic heterocycles. The zero-order chi connectivity index (χ0) is 14.8. The molecule has 0 radical (unpaired) electrons. The maximum atomic E-state index is 5.77. The van der Waals surface area contributed by atoms with Gasteiger partial charge in [-0.25, -0.2) is 4.68 Å². The Morgan fingerprint density at radius 2 is 1.67 bits per heavy atom. The van der Waals surface area contributed by atoms with Gasteiger partial charge in [-0.1, -0.05) is 17.7 Å². The summed E-state index contributed by atoms with van der Waals surface area (Å²) in [7, 11) is 1.64. The number of nitrogen functional groups attached to an aromatic ring is 1. The Morgan fingerprint density at radius 1 is 1.00 bits per heavy atom. The van der Waals surface area contributed by atoms with Gasteiger partial charge in [-0.05, 0) is 43.3 Å². The van der Waals surface area contributed by atoms with Gasteiger partial charge in [0.1, 0.15) is 5.75 Å². The topological polar surface area (TPSA) is 66.0 Å². The summed E-state index contributed by atoms with van der Waals surface area (Å²) in [5.74, 6) is 1.76. The van der Waals surface area contributed by atoms with Crippen molar-refractivity contribution in [3.05, 3.63) is 54.1 Å². The highest BCUT2D eigenvalue weighted by molar-refractivity contribution is 5.60. The summed E-state index contributed by atoms with van der Waals surface area (Å²) in [4.78, 5) is 4.32. The van der Waals surface area contributed by atoms with Gasteiger partial charge in [0.2, 0.25) is 5.95 Å². The number of rotatable bonds is 3. The van der Waals surface area contributed by atoms with Gasteiger partial charge in [0.25, 0.3) is 0 Å². The van der Waals surface area contributed by atoms with Crippen LogP contribution in [0, 0.1) is 6.92 Å². The molecule has 0 aliphatic carbocycles. The lowest BCUT2D eigenvalue weighted by atomic mass is 10.2. The predicted octanol–water partition coefficient (Wildman–Crippen LogP) is 2.83. The highest BCUT2D eigenvalue weighted by Gasteiger charge is 2.12. The highest BCUT2D eigenvalue weighted by atomic mass is 16.5. The number of ether oxygens (including phenoxy) is 1. The summed E-state index contributed by atoms with van der Waals surface area (Å²) in [5.41, 5.74) is 8.82. The molecule has 0 bridgehead atoms. The smallest absolute Gasteiger partial charge is 0.240 e. The van der Waals surface area contributed by atoms with Crippen LogP contribution in [0.2, 0.25) is 0 Å². The van der Waals surface area contributed by atoms with Gasteiger partial charge in [0, 0.05) is 5.56 Å². The molecule has 2 N–H and O–H groups in total. The van der Waals surface area contributed by atoms with Crippen molar-refractivity contribution in [3.8, 4) is 22.8 Å². The Bertz CT molecular complexity index is 745. The number of hydrogen-bond acceptors (Lipinski definition) is 4. The molecule has 5 heteroatoms. The first kappa shape index (κ1) is 13.2. The second-order valence-electron chi connectivity index (χ2n) is 4.77. The normalized spacial score (nSPS) is 10.6. The van der Waals surface area contributed by atoms with E-state index in [2.05, 4.69) is 10.1 Å². The first-order valence-corrected chi connectivity index (χ1v) is 6.61. The third-order valence-corrected chi connectivity index (χ3v) is 3.25. The molecular formula is C16H16N4O. The lowest BCUT2D eigenvalue weighted by Crippen LogP contribution is -2.00. The van der Waals surface area contributed by atoms with E-state index in [1.807, 2.05) is 55.5 Å². The van der Waals surface area contributed by atoms with Crippen molar-refractivity contribution in [2.24, 2.45) is 0 Å². The summed E-state index contributed by atoms with van der Waals surface area (Å²) in [6.45, 7) is 2.05. The van der Waals surface area contributed by atoms with Crippen LogP contribution in [0.4, 0.5) is 5.95 Å². The minimum Gasteiger partial charge on any atom is -0.497 e. The molecule has 106 valence electrons. The Balaban J connectivity index is 2.08. The van der Waals surface area contributed by atoms with E-state index in [0.717, 1.165) is 17.0 Å². The standard InChI is InChI=1S/C16H16N4O/c1-11-3-7-13(8-4-11)20-15(18-16(17)19-20)12-5-9-14(21-2)10-6-12/h3-10H,1-2H3,(H2,17,19). The van der Waals surface area contributed by atoms with Gasteiger partial charge in [0.05, 0.1) is 12.8 Å². The maximum absolute atomic E-state index is 5.77.